The Labute approximate surface area is 101 Å². The van der Waals surface area contributed by atoms with Crippen LogP contribution in [0.4, 0.5) is 4.39 Å². The van der Waals surface area contributed by atoms with Gasteiger partial charge in [0.15, 0.2) is 0 Å². The Morgan fingerprint density at radius 2 is 1.59 bits per heavy atom. The minimum atomic E-state index is -0.215. The molecule has 0 spiro atoms. The van der Waals surface area contributed by atoms with Crippen LogP contribution in [0.5, 0.6) is 5.75 Å². The molecule has 0 fully saturated rings. The number of aryl methyl sites for hydroxylation is 1. The van der Waals surface area contributed by atoms with Gasteiger partial charge in [-0.15, -0.1) is 0 Å². The molecule has 2 rings (SSSR count). The van der Waals surface area contributed by atoms with E-state index in [1.54, 1.807) is 26.2 Å². The van der Waals surface area contributed by atoms with E-state index in [1.807, 2.05) is 31.2 Å². The fraction of sp³-hybridized carbons (Fsp3) is 0.200. The number of hydrogen-bond donors (Lipinski definition) is 0. The Kier molecular flexibility index (Phi) is 3.14. The van der Waals surface area contributed by atoms with Crippen molar-refractivity contribution in [3.8, 4) is 16.9 Å². The molecule has 2 heteroatoms. The molecule has 0 aliphatic heterocycles. The zero-order valence-electron chi connectivity index (χ0n) is 10.3. The van der Waals surface area contributed by atoms with Gasteiger partial charge in [0.1, 0.15) is 11.6 Å². The van der Waals surface area contributed by atoms with E-state index in [2.05, 4.69) is 0 Å². The van der Waals surface area contributed by atoms with Gasteiger partial charge in [0.05, 0.1) is 7.11 Å². The van der Waals surface area contributed by atoms with E-state index >= 15 is 0 Å². The van der Waals surface area contributed by atoms with Gasteiger partial charge in [0.25, 0.3) is 0 Å². The van der Waals surface area contributed by atoms with Crippen LogP contribution in [-0.4, -0.2) is 7.11 Å². The maximum Gasteiger partial charge on any atom is 0.137 e. The fourth-order valence-electron chi connectivity index (χ4n) is 1.84. The maximum atomic E-state index is 14.2. The van der Waals surface area contributed by atoms with E-state index in [1.165, 1.54) is 5.56 Å². The van der Waals surface area contributed by atoms with E-state index < -0.39 is 0 Å². The summed E-state index contributed by atoms with van der Waals surface area (Å²) in [4.78, 5) is 0. The smallest absolute Gasteiger partial charge is 0.137 e. The van der Waals surface area contributed by atoms with Crippen LogP contribution in [-0.2, 0) is 0 Å². The molecule has 0 atom stereocenters. The summed E-state index contributed by atoms with van der Waals surface area (Å²) in [6.45, 7) is 3.74. The van der Waals surface area contributed by atoms with Gasteiger partial charge in [-0.1, -0.05) is 29.8 Å². The highest BCUT2D eigenvalue weighted by atomic mass is 19.1. The monoisotopic (exact) mass is 230 g/mol. The third-order valence-electron chi connectivity index (χ3n) is 2.92. The average molecular weight is 230 g/mol. The van der Waals surface area contributed by atoms with Gasteiger partial charge in [-0.05, 0) is 31.5 Å². The molecule has 0 saturated carbocycles. The van der Waals surface area contributed by atoms with Crippen LogP contribution < -0.4 is 4.74 Å². The minimum Gasteiger partial charge on any atom is -0.496 e. The summed E-state index contributed by atoms with van der Waals surface area (Å²) < 4.78 is 19.3. The second-order valence-electron chi connectivity index (χ2n) is 4.12. The van der Waals surface area contributed by atoms with Crippen LogP contribution in [0.25, 0.3) is 11.1 Å². The molecule has 0 saturated heterocycles. The van der Waals surface area contributed by atoms with Gasteiger partial charge >= 0.3 is 0 Å². The van der Waals surface area contributed by atoms with E-state index in [0.717, 1.165) is 5.56 Å². The van der Waals surface area contributed by atoms with Gasteiger partial charge in [-0.3, -0.25) is 0 Å². The summed E-state index contributed by atoms with van der Waals surface area (Å²) in [6.07, 6.45) is 0. The van der Waals surface area contributed by atoms with Crippen molar-refractivity contribution in [2.75, 3.05) is 7.11 Å². The van der Waals surface area contributed by atoms with Crippen molar-refractivity contribution in [1.82, 2.24) is 0 Å². The number of benzene rings is 2. The standard InChI is InChI=1S/C15H15FO/c1-10-4-6-12(7-5-10)13-8-9-14(17-3)11(2)15(13)16/h4-9H,1-3H3. The van der Waals surface area contributed by atoms with Gasteiger partial charge < -0.3 is 4.74 Å². The third kappa shape index (κ3) is 2.16. The Balaban J connectivity index is 2.53. The zero-order chi connectivity index (χ0) is 12.4. The molecular weight excluding hydrogens is 215 g/mol. The van der Waals surface area contributed by atoms with Gasteiger partial charge in [0, 0.05) is 11.1 Å². The summed E-state index contributed by atoms with van der Waals surface area (Å²) in [5, 5.41) is 0. The SMILES string of the molecule is COc1ccc(-c2ccc(C)cc2)c(F)c1C. The number of halogens is 1. The number of rotatable bonds is 2. The Morgan fingerprint density at radius 1 is 0.941 bits per heavy atom. The lowest BCUT2D eigenvalue weighted by molar-refractivity contribution is 0.407. The molecule has 1 nitrogen and oxygen atoms in total. The minimum absolute atomic E-state index is 0.215. The summed E-state index contributed by atoms with van der Waals surface area (Å²) in [5.41, 5.74) is 3.21. The highest BCUT2D eigenvalue weighted by Gasteiger charge is 2.11. The molecule has 0 amide bonds. The Hall–Kier alpha value is -1.83. The van der Waals surface area contributed by atoms with Gasteiger partial charge in [-0.2, -0.15) is 0 Å². The van der Waals surface area contributed by atoms with Crippen LogP contribution in [0, 0.1) is 19.7 Å². The van der Waals surface area contributed by atoms with Crippen molar-refractivity contribution in [2.45, 2.75) is 13.8 Å². The lowest BCUT2D eigenvalue weighted by atomic mass is 10.0. The molecule has 0 aromatic heterocycles. The molecule has 0 radical (unpaired) electrons. The summed E-state index contributed by atoms with van der Waals surface area (Å²) in [5.74, 6) is 0.367. The predicted octanol–water partition coefficient (Wildman–Crippen LogP) is 4.12. The topological polar surface area (TPSA) is 9.23 Å². The highest BCUT2D eigenvalue weighted by Crippen LogP contribution is 2.30. The van der Waals surface area contributed by atoms with Crippen LogP contribution >= 0.6 is 0 Å². The molecule has 17 heavy (non-hydrogen) atoms. The molecule has 0 bridgehead atoms. The van der Waals surface area contributed by atoms with E-state index in [4.69, 9.17) is 4.74 Å². The quantitative estimate of drug-likeness (QED) is 0.754. The normalized spacial score (nSPS) is 10.4. The van der Waals surface area contributed by atoms with Crippen molar-refractivity contribution in [3.63, 3.8) is 0 Å². The van der Waals surface area contributed by atoms with E-state index in [0.29, 0.717) is 16.9 Å². The highest BCUT2D eigenvalue weighted by molar-refractivity contribution is 5.66. The molecule has 0 aliphatic rings. The maximum absolute atomic E-state index is 14.2. The predicted molar refractivity (Wildman–Crippen MR) is 67.9 cm³/mol. The lowest BCUT2D eigenvalue weighted by Gasteiger charge is -2.10. The summed E-state index contributed by atoms with van der Waals surface area (Å²) in [7, 11) is 1.55. The Bertz CT molecular complexity index is 529. The number of hydrogen-bond acceptors (Lipinski definition) is 1. The molecule has 2 aromatic rings. The first kappa shape index (κ1) is 11.6. The number of ether oxygens (including phenoxy) is 1. The second kappa shape index (κ2) is 4.58. The van der Waals surface area contributed by atoms with Gasteiger partial charge in [-0.25, -0.2) is 4.39 Å². The molecule has 0 unspecified atom stereocenters. The van der Waals surface area contributed by atoms with Crippen LogP contribution in [0.15, 0.2) is 36.4 Å². The Morgan fingerprint density at radius 3 is 2.18 bits per heavy atom. The molecule has 0 aliphatic carbocycles. The van der Waals surface area contributed by atoms with Crippen molar-refractivity contribution in [1.29, 1.82) is 0 Å². The van der Waals surface area contributed by atoms with Crippen molar-refractivity contribution in [3.05, 3.63) is 53.3 Å². The fourth-order valence-corrected chi connectivity index (χ4v) is 1.84. The lowest BCUT2D eigenvalue weighted by Crippen LogP contribution is -1.93. The molecule has 0 heterocycles. The first-order chi connectivity index (χ1) is 8.13. The van der Waals surface area contributed by atoms with Crippen LogP contribution in [0.2, 0.25) is 0 Å². The number of methoxy groups -OCH3 is 1. The molecular formula is C15H15FO. The van der Waals surface area contributed by atoms with Crippen LogP contribution in [0.1, 0.15) is 11.1 Å². The first-order valence-electron chi connectivity index (χ1n) is 5.53. The van der Waals surface area contributed by atoms with Crippen molar-refractivity contribution < 1.29 is 9.13 Å². The molecule has 2 aromatic carbocycles. The van der Waals surface area contributed by atoms with Gasteiger partial charge in [0.2, 0.25) is 0 Å². The van der Waals surface area contributed by atoms with Crippen LogP contribution in [0.3, 0.4) is 0 Å². The zero-order valence-corrected chi connectivity index (χ0v) is 10.3. The summed E-state index contributed by atoms with van der Waals surface area (Å²) in [6, 6.07) is 11.4. The van der Waals surface area contributed by atoms with E-state index in [9.17, 15) is 4.39 Å². The average Bonchev–Trinajstić information content (AvgIpc) is 2.34. The third-order valence-corrected chi connectivity index (χ3v) is 2.92. The molecule has 0 N–H and O–H groups in total. The largest absolute Gasteiger partial charge is 0.496 e. The van der Waals surface area contributed by atoms with Crippen molar-refractivity contribution in [2.24, 2.45) is 0 Å². The second-order valence-corrected chi connectivity index (χ2v) is 4.12. The first-order valence-corrected chi connectivity index (χ1v) is 5.53. The summed E-state index contributed by atoms with van der Waals surface area (Å²) >= 11 is 0. The molecule has 88 valence electrons. The van der Waals surface area contributed by atoms with Crippen molar-refractivity contribution >= 4 is 0 Å². The van der Waals surface area contributed by atoms with E-state index in [-0.39, 0.29) is 5.82 Å².